The first-order valence-electron chi connectivity index (χ1n) is 8.31. The van der Waals surface area contributed by atoms with Gasteiger partial charge in [0.05, 0.1) is 11.3 Å². The van der Waals surface area contributed by atoms with Gasteiger partial charge in [0, 0.05) is 45.0 Å². The van der Waals surface area contributed by atoms with Gasteiger partial charge in [-0.25, -0.2) is 4.39 Å². The molecule has 5 nitrogen and oxygen atoms in total. The standard InChI is InChI=1S/C17H25FN4O/c1-20-8-10-21(11-9-20)14-2-3-15(17(19)23)16(12-14)22-6-4-13(18)5-7-22/h2-3,12-13H,4-11H2,1H3,(H2,19,23). The number of hydrogen-bond donors (Lipinski definition) is 1. The van der Waals surface area contributed by atoms with Crippen LogP contribution in [0.1, 0.15) is 23.2 Å². The Balaban J connectivity index is 1.86. The Kier molecular flexibility index (Phi) is 4.71. The molecule has 23 heavy (non-hydrogen) atoms. The maximum atomic E-state index is 13.4. The minimum Gasteiger partial charge on any atom is -0.371 e. The molecule has 0 bridgehead atoms. The van der Waals surface area contributed by atoms with Gasteiger partial charge in [-0.2, -0.15) is 0 Å². The van der Waals surface area contributed by atoms with Gasteiger partial charge in [-0.1, -0.05) is 0 Å². The summed E-state index contributed by atoms with van der Waals surface area (Å²) in [5.74, 6) is -0.424. The van der Waals surface area contributed by atoms with Crippen LogP contribution < -0.4 is 15.5 Å². The van der Waals surface area contributed by atoms with Crippen molar-refractivity contribution in [3.8, 4) is 0 Å². The van der Waals surface area contributed by atoms with Crippen LogP contribution in [0.15, 0.2) is 18.2 Å². The lowest BCUT2D eigenvalue weighted by molar-refractivity contribution is 0.100. The van der Waals surface area contributed by atoms with Gasteiger partial charge in [-0.05, 0) is 38.1 Å². The van der Waals surface area contributed by atoms with Crippen LogP contribution in [-0.4, -0.2) is 63.3 Å². The molecule has 2 aliphatic rings. The fourth-order valence-electron chi connectivity index (χ4n) is 3.34. The fourth-order valence-corrected chi connectivity index (χ4v) is 3.34. The molecule has 0 radical (unpaired) electrons. The quantitative estimate of drug-likeness (QED) is 0.916. The normalized spacial score (nSPS) is 20.8. The van der Waals surface area contributed by atoms with E-state index in [1.165, 1.54) is 0 Å². The number of hydrogen-bond acceptors (Lipinski definition) is 4. The summed E-state index contributed by atoms with van der Waals surface area (Å²) in [6, 6.07) is 5.83. The first kappa shape index (κ1) is 16.1. The molecule has 3 rings (SSSR count). The topological polar surface area (TPSA) is 52.8 Å². The Hall–Kier alpha value is -1.82. The largest absolute Gasteiger partial charge is 0.371 e. The summed E-state index contributed by atoms with van der Waals surface area (Å²) < 4.78 is 13.4. The number of primary amides is 1. The molecule has 126 valence electrons. The summed E-state index contributed by atoms with van der Waals surface area (Å²) in [7, 11) is 2.13. The van der Waals surface area contributed by atoms with E-state index in [0.29, 0.717) is 31.5 Å². The lowest BCUT2D eigenvalue weighted by Gasteiger charge is -2.36. The number of alkyl halides is 1. The van der Waals surface area contributed by atoms with Gasteiger partial charge in [0.2, 0.25) is 0 Å². The Labute approximate surface area is 136 Å². The number of piperidine rings is 1. The lowest BCUT2D eigenvalue weighted by atomic mass is 10.0. The van der Waals surface area contributed by atoms with E-state index < -0.39 is 12.1 Å². The number of piperazine rings is 1. The van der Waals surface area contributed by atoms with Gasteiger partial charge >= 0.3 is 0 Å². The lowest BCUT2D eigenvalue weighted by Crippen LogP contribution is -2.44. The van der Waals surface area contributed by atoms with Crippen LogP contribution in [0.3, 0.4) is 0 Å². The first-order valence-corrected chi connectivity index (χ1v) is 8.31. The third-order valence-corrected chi connectivity index (χ3v) is 4.88. The van der Waals surface area contributed by atoms with Gasteiger partial charge in [0.1, 0.15) is 6.17 Å². The monoisotopic (exact) mass is 320 g/mol. The molecule has 0 spiro atoms. The van der Waals surface area contributed by atoms with Crippen molar-refractivity contribution in [2.45, 2.75) is 19.0 Å². The van der Waals surface area contributed by atoms with E-state index in [1.807, 2.05) is 18.2 Å². The highest BCUT2D eigenvalue weighted by atomic mass is 19.1. The minimum atomic E-state index is -0.732. The molecular formula is C17H25FN4O. The van der Waals surface area contributed by atoms with E-state index >= 15 is 0 Å². The fraction of sp³-hybridized carbons (Fsp3) is 0.588. The predicted octanol–water partition coefficient (Wildman–Crippen LogP) is 1.48. The van der Waals surface area contributed by atoms with E-state index in [4.69, 9.17) is 5.73 Å². The summed E-state index contributed by atoms with van der Waals surface area (Å²) in [5.41, 5.74) is 8.02. The van der Waals surface area contributed by atoms with Gasteiger partial charge in [-0.15, -0.1) is 0 Å². The zero-order valence-electron chi connectivity index (χ0n) is 13.7. The van der Waals surface area contributed by atoms with Crippen molar-refractivity contribution in [1.29, 1.82) is 0 Å². The Morgan fingerprint density at radius 1 is 1.09 bits per heavy atom. The molecule has 0 saturated carbocycles. The predicted molar refractivity (Wildman–Crippen MR) is 91.0 cm³/mol. The molecule has 1 aromatic rings. The molecule has 2 heterocycles. The molecule has 0 aromatic heterocycles. The number of nitrogens with two attached hydrogens (primary N) is 1. The Bertz CT molecular complexity index is 564. The highest BCUT2D eigenvalue weighted by Crippen LogP contribution is 2.30. The van der Waals surface area contributed by atoms with Crippen LogP contribution in [-0.2, 0) is 0 Å². The Morgan fingerprint density at radius 2 is 1.74 bits per heavy atom. The molecule has 0 atom stereocenters. The van der Waals surface area contributed by atoms with Crippen molar-refractivity contribution in [3.05, 3.63) is 23.8 Å². The van der Waals surface area contributed by atoms with Crippen LogP contribution in [0.2, 0.25) is 0 Å². The molecule has 1 amide bonds. The Morgan fingerprint density at radius 3 is 2.35 bits per heavy atom. The van der Waals surface area contributed by atoms with Crippen molar-refractivity contribution < 1.29 is 9.18 Å². The maximum absolute atomic E-state index is 13.4. The average molecular weight is 320 g/mol. The van der Waals surface area contributed by atoms with Crippen molar-refractivity contribution in [3.63, 3.8) is 0 Å². The number of carbonyl (C=O) groups excluding carboxylic acids is 1. The number of amides is 1. The summed E-state index contributed by atoms with van der Waals surface area (Å²) in [5, 5.41) is 0. The van der Waals surface area contributed by atoms with E-state index in [1.54, 1.807) is 0 Å². The summed E-state index contributed by atoms with van der Waals surface area (Å²) in [6.45, 7) is 5.26. The highest BCUT2D eigenvalue weighted by molar-refractivity contribution is 5.99. The molecule has 2 saturated heterocycles. The number of anilines is 2. The molecule has 1 aromatic carbocycles. The van der Waals surface area contributed by atoms with Crippen molar-refractivity contribution >= 4 is 17.3 Å². The first-order chi connectivity index (χ1) is 11.0. The zero-order valence-corrected chi connectivity index (χ0v) is 13.7. The van der Waals surface area contributed by atoms with Gasteiger partial charge in [-0.3, -0.25) is 4.79 Å². The van der Waals surface area contributed by atoms with Gasteiger partial charge in [0.15, 0.2) is 0 Å². The van der Waals surface area contributed by atoms with Crippen LogP contribution >= 0.6 is 0 Å². The number of rotatable bonds is 3. The molecule has 2 aliphatic heterocycles. The van der Waals surface area contributed by atoms with Crippen LogP contribution in [0.5, 0.6) is 0 Å². The smallest absolute Gasteiger partial charge is 0.250 e. The zero-order chi connectivity index (χ0) is 16.4. The SMILES string of the molecule is CN1CCN(c2ccc(C(N)=O)c(N3CCC(F)CC3)c2)CC1. The number of halogens is 1. The molecule has 0 aliphatic carbocycles. The highest BCUT2D eigenvalue weighted by Gasteiger charge is 2.23. The van der Waals surface area contributed by atoms with Crippen molar-refractivity contribution in [2.24, 2.45) is 5.73 Å². The number of benzene rings is 1. The van der Waals surface area contributed by atoms with Crippen LogP contribution in [0.4, 0.5) is 15.8 Å². The average Bonchev–Trinajstić information content (AvgIpc) is 2.55. The molecule has 2 N–H and O–H groups in total. The molecule has 6 heteroatoms. The molecule has 0 unspecified atom stereocenters. The van der Waals surface area contributed by atoms with E-state index in [9.17, 15) is 9.18 Å². The summed E-state index contributed by atoms with van der Waals surface area (Å²) in [6.07, 6.45) is 0.289. The number of nitrogens with zero attached hydrogens (tertiary/aromatic N) is 3. The molecular weight excluding hydrogens is 295 g/mol. The van der Waals surface area contributed by atoms with Crippen molar-refractivity contribution in [1.82, 2.24) is 4.90 Å². The number of likely N-dealkylation sites (N-methyl/N-ethyl adjacent to an activating group) is 1. The van der Waals surface area contributed by atoms with Crippen LogP contribution in [0.25, 0.3) is 0 Å². The minimum absolute atomic E-state index is 0.424. The van der Waals surface area contributed by atoms with E-state index in [2.05, 4.69) is 21.7 Å². The van der Waals surface area contributed by atoms with E-state index in [-0.39, 0.29) is 0 Å². The number of carbonyl (C=O) groups is 1. The van der Waals surface area contributed by atoms with Gasteiger partial charge < -0.3 is 20.4 Å². The summed E-state index contributed by atoms with van der Waals surface area (Å²) in [4.78, 5) is 18.5. The second-order valence-corrected chi connectivity index (χ2v) is 6.52. The second-order valence-electron chi connectivity index (χ2n) is 6.52. The maximum Gasteiger partial charge on any atom is 0.250 e. The summed E-state index contributed by atoms with van der Waals surface area (Å²) >= 11 is 0. The van der Waals surface area contributed by atoms with Crippen molar-refractivity contribution in [2.75, 3.05) is 56.1 Å². The third-order valence-electron chi connectivity index (χ3n) is 4.88. The van der Waals surface area contributed by atoms with E-state index in [0.717, 1.165) is 37.6 Å². The molecule has 2 fully saturated rings. The third kappa shape index (κ3) is 3.58. The van der Waals surface area contributed by atoms with Gasteiger partial charge in [0.25, 0.3) is 5.91 Å². The van der Waals surface area contributed by atoms with Crippen LogP contribution in [0, 0.1) is 0 Å². The second kappa shape index (κ2) is 6.74.